The number of imidazole rings is 1. The van der Waals surface area contributed by atoms with Crippen molar-refractivity contribution >= 4 is 11.6 Å². The molecule has 0 aliphatic heterocycles. The molecule has 0 saturated carbocycles. The fourth-order valence-electron chi connectivity index (χ4n) is 1.44. The lowest BCUT2D eigenvalue weighted by atomic mass is 10.2. The van der Waals surface area contributed by atoms with Gasteiger partial charge in [-0.05, 0) is 24.6 Å². The van der Waals surface area contributed by atoms with Crippen LogP contribution in [0.4, 0.5) is 4.79 Å². The minimum absolute atomic E-state index is 0.231. The number of amides is 1. The largest absolute Gasteiger partial charge is 0.465 e. The standard InChI is InChI=1S/C10H11N3O2/c1-7-2-3-13-6-12-8(9(13)4-7)5-11-10(14)15/h2-4,6,11H,5H2,1H3,(H,14,15). The molecular weight excluding hydrogens is 194 g/mol. The molecule has 0 aromatic carbocycles. The quantitative estimate of drug-likeness (QED) is 0.779. The molecular formula is C10H11N3O2. The zero-order chi connectivity index (χ0) is 10.8. The molecule has 1 amide bonds. The molecule has 0 spiro atoms. The zero-order valence-electron chi connectivity index (χ0n) is 8.27. The summed E-state index contributed by atoms with van der Waals surface area (Å²) >= 11 is 0. The van der Waals surface area contributed by atoms with Crippen LogP contribution in [0.1, 0.15) is 11.3 Å². The van der Waals surface area contributed by atoms with E-state index in [9.17, 15) is 4.79 Å². The number of carboxylic acid groups (broad SMARTS) is 1. The molecule has 2 aromatic heterocycles. The predicted molar refractivity (Wildman–Crippen MR) is 54.8 cm³/mol. The third kappa shape index (κ3) is 1.90. The van der Waals surface area contributed by atoms with Crippen LogP contribution in [0.25, 0.3) is 5.52 Å². The average molecular weight is 205 g/mol. The SMILES string of the molecule is Cc1ccn2cnc(CNC(=O)O)c2c1. The number of hydrogen-bond acceptors (Lipinski definition) is 2. The second-order valence-corrected chi connectivity index (χ2v) is 3.35. The number of fused-ring (bicyclic) bond motifs is 1. The molecule has 0 radical (unpaired) electrons. The third-order valence-corrected chi connectivity index (χ3v) is 2.18. The Morgan fingerprint density at radius 1 is 1.67 bits per heavy atom. The molecule has 0 unspecified atom stereocenters. The average Bonchev–Trinajstić information content (AvgIpc) is 2.57. The van der Waals surface area contributed by atoms with Crippen LogP contribution in [0.2, 0.25) is 0 Å². The molecule has 5 heteroatoms. The first-order chi connectivity index (χ1) is 7.16. The molecule has 2 aromatic rings. The Hall–Kier alpha value is -2.04. The van der Waals surface area contributed by atoms with Crippen LogP contribution < -0.4 is 5.32 Å². The van der Waals surface area contributed by atoms with Gasteiger partial charge in [0.2, 0.25) is 0 Å². The second-order valence-electron chi connectivity index (χ2n) is 3.35. The van der Waals surface area contributed by atoms with E-state index in [1.807, 2.05) is 29.7 Å². The minimum atomic E-state index is -1.04. The van der Waals surface area contributed by atoms with Gasteiger partial charge in [-0.2, -0.15) is 0 Å². The van der Waals surface area contributed by atoms with Crippen molar-refractivity contribution in [2.45, 2.75) is 13.5 Å². The van der Waals surface area contributed by atoms with Gasteiger partial charge < -0.3 is 14.8 Å². The van der Waals surface area contributed by atoms with Gasteiger partial charge in [-0.25, -0.2) is 9.78 Å². The first-order valence-corrected chi connectivity index (χ1v) is 4.56. The lowest BCUT2D eigenvalue weighted by molar-refractivity contribution is 0.194. The van der Waals surface area contributed by atoms with Gasteiger partial charge in [-0.3, -0.25) is 0 Å². The number of pyridine rings is 1. The first kappa shape index (κ1) is 9.51. The summed E-state index contributed by atoms with van der Waals surface area (Å²) < 4.78 is 1.87. The molecule has 0 aliphatic rings. The van der Waals surface area contributed by atoms with E-state index in [1.54, 1.807) is 6.33 Å². The van der Waals surface area contributed by atoms with E-state index in [1.165, 1.54) is 0 Å². The lowest BCUT2D eigenvalue weighted by Crippen LogP contribution is -2.20. The predicted octanol–water partition coefficient (Wildman–Crippen LogP) is 1.41. The number of nitrogens with zero attached hydrogens (tertiary/aromatic N) is 2. The smallest absolute Gasteiger partial charge is 0.404 e. The minimum Gasteiger partial charge on any atom is -0.465 e. The fourth-order valence-corrected chi connectivity index (χ4v) is 1.44. The van der Waals surface area contributed by atoms with Crippen LogP contribution in [0, 0.1) is 6.92 Å². The molecule has 2 N–H and O–H groups in total. The zero-order valence-corrected chi connectivity index (χ0v) is 8.27. The molecule has 0 saturated heterocycles. The van der Waals surface area contributed by atoms with Crippen molar-refractivity contribution < 1.29 is 9.90 Å². The maximum atomic E-state index is 10.4. The van der Waals surface area contributed by atoms with Gasteiger partial charge in [0.05, 0.1) is 24.1 Å². The second kappa shape index (κ2) is 3.61. The van der Waals surface area contributed by atoms with E-state index in [4.69, 9.17) is 5.11 Å². The van der Waals surface area contributed by atoms with Gasteiger partial charge in [-0.15, -0.1) is 0 Å². The summed E-state index contributed by atoms with van der Waals surface area (Å²) in [7, 11) is 0. The Morgan fingerprint density at radius 3 is 3.20 bits per heavy atom. The van der Waals surface area contributed by atoms with Crippen molar-refractivity contribution in [3.05, 3.63) is 35.9 Å². The topological polar surface area (TPSA) is 66.6 Å². The highest BCUT2D eigenvalue weighted by atomic mass is 16.4. The van der Waals surface area contributed by atoms with E-state index in [-0.39, 0.29) is 6.54 Å². The van der Waals surface area contributed by atoms with Crippen LogP contribution in [0.5, 0.6) is 0 Å². The summed E-state index contributed by atoms with van der Waals surface area (Å²) in [5.41, 5.74) is 2.80. The van der Waals surface area contributed by atoms with Crippen molar-refractivity contribution in [1.82, 2.24) is 14.7 Å². The first-order valence-electron chi connectivity index (χ1n) is 4.56. The van der Waals surface area contributed by atoms with Crippen LogP contribution in [0.3, 0.4) is 0 Å². The number of hydrogen-bond donors (Lipinski definition) is 2. The lowest BCUT2D eigenvalue weighted by Gasteiger charge is -1.99. The molecule has 2 heterocycles. The maximum Gasteiger partial charge on any atom is 0.404 e. The molecule has 5 nitrogen and oxygen atoms in total. The Kier molecular flexibility index (Phi) is 2.29. The number of aromatic nitrogens is 2. The Morgan fingerprint density at radius 2 is 2.47 bits per heavy atom. The summed E-state index contributed by atoms with van der Waals surface area (Å²) in [6.07, 6.45) is 2.54. The van der Waals surface area contributed by atoms with Crippen molar-refractivity contribution in [2.75, 3.05) is 0 Å². The summed E-state index contributed by atoms with van der Waals surface area (Å²) in [6, 6.07) is 3.95. The number of nitrogens with one attached hydrogen (secondary N) is 1. The monoisotopic (exact) mass is 205 g/mol. The van der Waals surface area contributed by atoms with Gasteiger partial charge in [0.1, 0.15) is 0 Å². The number of carbonyl (C=O) groups is 1. The summed E-state index contributed by atoms with van der Waals surface area (Å²) in [5.74, 6) is 0. The summed E-state index contributed by atoms with van der Waals surface area (Å²) in [6.45, 7) is 2.22. The highest BCUT2D eigenvalue weighted by molar-refractivity contribution is 5.65. The van der Waals surface area contributed by atoms with E-state index in [2.05, 4.69) is 10.3 Å². The molecule has 2 rings (SSSR count). The Balaban J connectivity index is 2.35. The van der Waals surface area contributed by atoms with Crippen molar-refractivity contribution in [3.8, 4) is 0 Å². The molecule has 0 aliphatic carbocycles. The van der Waals surface area contributed by atoms with Crippen molar-refractivity contribution in [1.29, 1.82) is 0 Å². The molecule has 0 bridgehead atoms. The molecule has 15 heavy (non-hydrogen) atoms. The van der Waals surface area contributed by atoms with Gasteiger partial charge in [-0.1, -0.05) is 0 Å². The van der Waals surface area contributed by atoms with Crippen LogP contribution in [0.15, 0.2) is 24.7 Å². The molecule has 0 fully saturated rings. The van der Waals surface area contributed by atoms with Gasteiger partial charge in [0, 0.05) is 6.20 Å². The van der Waals surface area contributed by atoms with Gasteiger partial charge in [0.15, 0.2) is 0 Å². The third-order valence-electron chi connectivity index (χ3n) is 2.18. The Bertz CT molecular complexity index is 504. The van der Waals surface area contributed by atoms with Crippen LogP contribution in [-0.4, -0.2) is 20.6 Å². The van der Waals surface area contributed by atoms with Gasteiger partial charge in [0.25, 0.3) is 0 Å². The number of aryl methyl sites for hydroxylation is 1. The highest BCUT2D eigenvalue weighted by Gasteiger charge is 2.05. The van der Waals surface area contributed by atoms with Crippen molar-refractivity contribution in [3.63, 3.8) is 0 Å². The van der Waals surface area contributed by atoms with Gasteiger partial charge >= 0.3 is 6.09 Å². The molecule has 0 atom stereocenters. The normalized spacial score (nSPS) is 10.5. The highest BCUT2D eigenvalue weighted by Crippen LogP contribution is 2.11. The van der Waals surface area contributed by atoms with E-state index in [0.717, 1.165) is 16.8 Å². The summed E-state index contributed by atoms with van der Waals surface area (Å²) in [5, 5.41) is 10.8. The maximum absolute atomic E-state index is 10.4. The summed E-state index contributed by atoms with van der Waals surface area (Å²) in [4.78, 5) is 14.5. The van der Waals surface area contributed by atoms with Crippen LogP contribution in [-0.2, 0) is 6.54 Å². The van der Waals surface area contributed by atoms with E-state index in [0.29, 0.717) is 0 Å². The fraction of sp³-hybridized carbons (Fsp3) is 0.200. The number of rotatable bonds is 2. The van der Waals surface area contributed by atoms with Crippen molar-refractivity contribution in [2.24, 2.45) is 0 Å². The Labute approximate surface area is 86.4 Å². The molecule has 78 valence electrons. The van der Waals surface area contributed by atoms with Crippen LogP contribution >= 0.6 is 0 Å². The van der Waals surface area contributed by atoms with E-state index >= 15 is 0 Å². The van der Waals surface area contributed by atoms with E-state index < -0.39 is 6.09 Å².